The number of amides is 3. The van der Waals surface area contributed by atoms with Crippen molar-refractivity contribution < 1.29 is 9.59 Å². The molecule has 0 bridgehead atoms. The lowest BCUT2D eigenvalue weighted by atomic mass is 10.1. The van der Waals surface area contributed by atoms with E-state index in [1.807, 2.05) is 66.7 Å². The average molecular weight is 493 g/mol. The molecule has 1 aliphatic rings. The number of halogens is 1. The second-order valence-electron chi connectivity index (χ2n) is 7.68. The molecule has 1 fully saturated rings. The van der Waals surface area contributed by atoms with Gasteiger partial charge in [-0.05, 0) is 60.9 Å². The summed E-state index contributed by atoms with van der Waals surface area (Å²) in [6.45, 7) is 2.30. The van der Waals surface area contributed by atoms with Crippen LogP contribution in [0.15, 0.2) is 77.3 Å². The van der Waals surface area contributed by atoms with Gasteiger partial charge in [-0.15, -0.1) is 0 Å². The molecule has 32 heavy (non-hydrogen) atoms. The first-order valence-corrected chi connectivity index (χ1v) is 11.4. The molecule has 0 radical (unpaired) electrons. The fourth-order valence-corrected chi connectivity index (χ4v) is 3.99. The predicted molar refractivity (Wildman–Crippen MR) is 132 cm³/mol. The molecule has 3 aromatic rings. The van der Waals surface area contributed by atoms with E-state index in [2.05, 4.69) is 36.8 Å². The van der Waals surface area contributed by atoms with E-state index in [0.717, 1.165) is 41.7 Å². The highest BCUT2D eigenvalue weighted by molar-refractivity contribution is 9.10. The van der Waals surface area contributed by atoms with Crippen LogP contribution in [0.25, 0.3) is 0 Å². The topological polar surface area (TPSA) is 73.5 Å². The Morgan fingerprint density at radius 2 is 1.50 bits per heavy atom. The number of hydrogen-bond acceptors (Lipinski definition) is 3. The molecule has 3 amide bonds. The zero-order chi connectivity index (χ0) is 22.3. The molecule has 0 aliphatic carbocycles. The Hall–Kier alpha value is -3.32. The highest BCUT2D eigenvalue weighted by Crippen LogP contribution is 2.28. The van der Waals surface area contributed by atoms with Crippen LogP contribution in [0.2, 0.25) is 0 Å². The highest BCUT2D eigenvalue weighted by Gasteiger charge is 2.20. The van der Waals surface area contributed by atoms with Gasteiger partial charge in [-0.25, -0.2) is 4.79 Å². The lowest BCUT2D eigenvalue weighted by Gasteiger charge is -2.22. The SMILES string of the molecule is O=C(Nc1ccc(Br)cc1)Nc1ccc(N2CCCC2)c(C(=O)NCc2ccccc2)c1. The Morgan fingerprint density at radius 1 is 0.844 bits per heavy atom. The van der Waals surface area contributed by atoms with Gasteiger partial charge in [0.1, 0.15) is 0 Å². The first kappa shape index (κ1) is 21.9. The monoisotopic (exact) mass is 492 g/mol. The van der Waals surface area contributed by atoms with E-state index in [1.54, 1.807) is 6.07 Å². The summed E-state index contributed by atoms with van der Waals surface area (Å²) in [5.41, 5.74) is 3.73. The van der Waals surface area contributed by atoms with E-state index in [1.165, 1.54) is 0 Å². The first-order chi connectivity index (χ1) is 15.6. The summed E-state index contributed by atoms with van der Waals surface area (Å²) < 4.78 is 0.937. The number of carbonyl (C=O) groups is 2. The molecule has 3 N–H and O–H groups in total. The Bertz CT molecular complexity index is 1080. The third-order valence-corrected chi connectivity index (χ3v) is 5.87. The average Bonchev–Trinajstić information content (AvgIpc) is 3.34. The van der Waals surface area contributed by atoms with Crippen molar-refractivity contribution in [3.8, 4) is 0 Å². The Labute approximate surface area is 196 Å². The van der Waals surface area contributed by atoms with Gasteiger partial charge in [-0.2, -0.15) is 0 Å². The van der Waals surface area contributed by atoms with E-state index < -0.39 is 0 Å². The maximum absolute atomic E-state index is 13.1. The normalized spacial score (nSPS) is 13.0. The zero-order valence-corrected chi connectivity index (χ0v) is 19.2. The van der Waals surface area contributed by atoms with Gasteiger partial charge >= 0.3 is 6.03 Å². The van der Waals surface area contributed by atoms with Crippen LogP contribution in [0.1, 0.15) is 28.8 Å². The summed E-state index contributed by atoms with van der Waals surface area (Å²) in [5.74, 6) is -0.160. The minimum absolute atomic E-state index is 0.160. The van der Waals surface area contributed by atoms with Gasteiger partial charge < -0.3 is 20.9 Å². The van der Waals surface area contributed by atoms with Crippen molar-refractivity contribution in [2.45, 2.75) is 19.4 Å². The van der Waals surface area contributed by atoms with E-state index in [4.69, 9.17) is 0 Å². The molecule has 0 spiro atoms. The minimum atomic E-state index is -0.364. The molecule has 6 nitrogen and oxygen atoms in total. The number of benzene rings is 3. The van der Waals surface area contributed by atoms with Crippen LogP contribution in [0.4, 0.5) is 21.9 Å². The number of hydrogen-bond donors (Lipinski definition) is 3. The molecular weight excluding hydrogens is 468 g/mol. The summed E-state index contributed by atoms with van der Waals surface area (Å²) >= 11 is 3.38. The molecular formula is C25H25BrN4O2. The van der Waals surface area contributed by atoms with Gasteiger partial charge in [-0.1, -0.05) is 46.3 Å². The molecule has 0 saturated carbocycles. The van der Waals surface area contributed by atoms with E-state index in [0.29, 0.717) is 23.5 Å². The predicted octanol–water partition coefficient (Wildman–Crippen LogP) is 5.62. The largest absolute Gasteiger partial charge is 0.371 e. The summed E-state index contributed by atoms with van der Waals surface area (Å²) in [4.78, 5) is 27.8. The summed E-state index contributed by atoms with van der Waals surface area (Å²) in [6.07, 6.45) is 2.22. The molecule has 1 saturated heterocycles. The van der Waals surface area contributed by atoms with Gasteiger partial charge in [0.05, 0.1) is 5.56 Å². The first-order valence-electron chi connectivity index (χ1n) is 10.6. The van der Waals surface area contributed by atoms with Crippen molar-refractivity contribution in [2.24, 2.45) is 0 Å². The van der Waals surface area contributed by atoms with E-state index in [9.17, 15) is 9.59 Å². The van der Waals surface area contributed by atoms with Crippen LogP contribution in [0.3, 0.4) is 0 Å². The summed E-state index contributed by atoms with van der Waals surface area (Å²) in [6, 6.07) is 22.3. The molecule has 0 aromatic heterocycles. The van der Waals surface area contributed by atoms with Crippen molar-refractivity contribution in [1.82, 2.24) is 5.32 Å². The van der Waals surface area contributed by atoms with Crippen LogP contribution in [0, 0.1) is 0 Å². The molecule has 1 aliphatic heterocycles. The molecule has 4 rings (SSSR count). The molecule has 7 heteroatoms. The number of anilines is 3. The van der Waals surface area contributed by atoms with Crippen LogP contribution in [-0.4, -0.2) is 25.0 Å². The number of rotatable bonds is 6. The fourth-order valence-electron chi connectivity index (χ4n) is 3.73. The number of nitrogens with zero attached hydrogens (tertiary/aromatic N) is 1. The van der Waals surface area contributed by atoms with Crippen LogP contribution in [-0.2, 0) is 6.54 Å². The number of carbonyl (C=O) groups excluding carboxylic acids is 2. The van der Waals surface area contributed by atoms with Crippen molar-refractivity contribution in [3.63, 3.8) is 0 Å². The fraction of sp³-hybridized carbons (Fsp3) is 0.200. The third-order valence-electron chi connectivity index (χ3n) is 5.34. The van der Waals surface area contributed by atoms with Gasteiger partial charge in [0, 0.05) is 41.2 Å². The summed E-state index contributed by atoms with van der Waals surface area (Å²) in [5, 5.41) is 8.64. The smallest absolute Gasteiger partial charge is 0.323 e. The minimum Gasteiger partial charge on any atom is -0.371 e. The zero-order valence-electron chi connectivity index (χ0n) is 17.6. The molecule has 1 heterocycles. The second kappa shape index (κ2) is 10.3. The van der Waals surface area contributed by atoms with Crippen LogP contribution < -0.4 is 20.9 Å². The van der Waals surface area contributed by atoms with Gasteiger partial charge in [0.25, 0.3) is 5.91 Å². The third kappa shape index (κ3) is 5.68. The van der Waals surface area contributed by atoms with Crippen molar-refractivity contribution in [3.05, 3.63) is 88.4 Å². The van der Waals surface area contributed by atoms with Crippen molar-refractivity contribution in [2.75, 3.05) is 28.6 Å². The Kier molecular flexibility index (Phi) is 7.07. The Morgan fingerprint density at radius 3 is 2.22 bits per heavy atom. The lowest BCUT2D eigenvalue weighted by molar-refractivity contribution is 0.0951. The van der Waals surface area contributed by atoms with Gasteiger partial charge in [-0.3, -0.25) is 4.79 Å². The van der Waals surface area contributed by atoms with E-state index in [-0.39, 0.29) is 11.9 Å². The molecule has 0 atom stereocenters. The maximum atomic E-state index is 13.1. The maximum Gasteiger partial charge on any atom is 0.323 e. The van der Waals surface area contributed by atoms with E-state index >= 15 is 0 Å². The number of urea groups is 1. The quantitative estimate of drug-likeness (QED) is 0.417. The van der Waals surface area contributed by atoms with Crippen LogP contribution in [0.5, 0.6) is 0 Å². The van der Waals surface area contributed by atoms with Crippen molar-refractivity contribution >= 4 is 44.9 Å². The molecule has 3 aromatic carbocycles. The Balaban J connectivity index is 1.50. The molecule has 0 unspecified atom stereocenters. The van der Waals surface area contributed by atoms with Gasteiger partial charge in [0.15, 0.2) is 0 Å². The number of nitrogens with one attached hydrogen (secondary N) is 3. The second-order valence-corrected chi connectivity index (χ2v) is 8.60. The standard InChI is InChI=1S/C25H25BrN4O2/c26-19-8-10-20(11-9-19)28-25(32)29-21-12-13-23(30-14-4-5-15-30)22(16-21)24(31)27-17-18-6-2-1-3-7-18/h1-3,6-13,16H,4-5,14-15,17H2,(H,27,31)(H2,28,29,32). The van der Waals surface area contributed by atoms with Crippen LogP contribution >= 0.6 is 15.9 Å². The lowest BCUT2D eigenvalue weighted by Crippen LogP contribution is -2.27. The van der Waals surface area contributed by atoms with Gasteiger partial charge in [0.2, 0.25) is 0 Å². The molecule has 164 valence electrons. The highest BCUT2D eigenvalue weighted by atomic mass is 79.9. The van der Waals surface area contributed by atoms with Crippen molar-refractivity contribution in [1.29, 1.82) is 0 Å². The summed E-state index contributed by atoms with van der Waals surface area (Å²) in [7, 11) is 0.